The van der Waals surface area contributed by atoms with Crippen molar-refractivity contribution < 1.29 is 14.2 Å². The Labute approximate surface area is 102 Å². The van der Waals surface area contributed by atoms with E-state index in [0.29, 0.717) is 18.2 Å². The Hall–Kier alpha value is -1.42. The van der Waals surface area contributed by atoms with E-state index in [2.05, 4.69) is 0 Å². The minimum atomic E-state index is 0.337. The summed E-state index contributed by atoms with van der Waals surface area (Å²) in [5.74, 6) is 2.72. The molecule has 1 aromatic rings. The molecule has 0 saturated heterocycles. The number of rotatable bonds is 4. The van der Waals surface area contributed by atoms with Crippen LogP contribution in [0.5, 0.6) is 17.2 Å². The average Bonchev–Trinajstić information content (AvgIpc) is 2.80. The Bertz CT molecular complexity index is 418. The van der Waals surface area contributed by atoms with E-state index >= 15 is 0 Å². The van der Waals surface area contributed by atoms with Crippen LogP contribution in [0.2, 0.25) is 0 Å². The summed E-state index contributed by atoms with van der Waals surface area (Å²) in [6.07, 6.45) is 2.03. The van der Waals surface area contributed by atoms with Gasteiger partial charge in [0, 0.05) is 23.1 Å². The molecule has 0 fully saturated rings. The van der Waals surface area contributed by atoms with E-state index in [0.717, 1.165) is 29.9 Å². The third kappa shape index (κ3) is 1.82. The van der Waals surface area contributed by atoms with Crippen molar-refractivity contribution in [2.24, 2.45) is 5.73 Å². The number of hydrogen-bond donors (Lipinski definition) is 1. The summed E-state index contributed by atoms with van der Waals surface area (Å²) >= 11 is 0. The first-order valence-electron chi connectivity index (χ1n) is 5.78. The van der Waals surface area contributed by atoms with Crippen LogP contribution in [0.4, 0.5) is 0 Å². The molecule has 0 saturated carbocycles. The lowest BCUT2D eigenvalue weighted by Gasteiger charge is -2.18. The molecule has 0 aromatic heterocycles. The maximum Gasteiger partial charge on any atom is 0.164 e. The third-order valence-corrected chi connectivity index (χ3v) is 3.43. The Morgan fingerprint density at radius 2 is 1.88 bits per heavy atom. The fourth-order valence-electron chi connectivity index (χ4n) is 2.61. The highest BCUT2D eigenvalue weighted by Crippen LogP contribution is 2.48. The molecule has 1 aliphatic rings. The SMILES string of the molecule is COc1cc(OC)c(OC)c2c1CCC2CN. The highest BCUT2D eigenvalue weighted by molar-refractivity contribution is 5.60. The number of ether oxygens (including phenoxy) is 3. The van der Waals surface area contributed by atoms with Gasteiger partial charge in [-0.05, 0) is 19.4 Å². The van der Waals surface area contributed by atoms with E-state index in [1.54, 1.807) is 21.3 Å². The van der Waals surface area contributed by atoms with Crippen molar-refractivity contribution in [1.82, 2.24) is 0 Å². The minimum Gasteiger partial charge on any atom is -0.496 e. The lowest BCUT2D eigenvalue weighted by Crippen LogP contribution is -2.11. The Morgan fingerprint density at radius 3 is 2.41 bits per heavy atom. The molecule has 0 radical (unpaired) electrons. The average molecular weight is 237 g/mol. The van der Waals surface area contributed by atoms with Gasteiger partial charge in [0.05, 0.1) is 21.3 Å². The number of fused-ring (bicyclic) bond motifs is 1. The second kappa shape index (κ2) is 4.84. The van der Waals surface area contributed by atoms with Gasteiger partial charge in [-0.3, -0.25) is 0 Å². The smallest absolute Gasteiger partial charge is 0.164 e. The number of hydrogen-bond acceptors (Lipinski definition) is 4. The molecule has 0 aliphatic heterocycles. The van der Waals surface area contributed by atoms with Crippen LogP contribution in [-0.2, 0) is 6.42 Å². The van der Waals surface area contributed by atoms with Gasteiger partial charge in [-0.15, -0.1) is 0 Å². The second-order valence-electron chi connectivity index (χ2n) is 4.18. The Morgan fingerprint density at radius 1 is 1.18 bits per heavy atom. The van der Waals surface area contributed by atoms with Crippen LogP contribution in [-0.4, -0.2) is 27.9 Å². The van der Waals surface area contributed by atoms with Crippen molar-refractivity contribution >= 4 is 0 Å². The van der Waals surface area contributed by atoms with Crippen molar-refractivity contribution in [2.45, 2.75) is 18.8 Å². The van der Waals surface area contributed by atoms with Gasteiger partial charge in [0.2, 0.25) is 0 Å². The van der Waals surface area contributed by atoms with Gasteiger partial charge in [-0.2, -0.15) is 0 Å². The topological polar surface area (TPSA) is 53.7 Å². The van der Waals surface area contributed by atoms with Gasteiger partial charge in [0.15, 0.2) is 11.5 Å². The van der Waals surface area contributed by atoms with Crippen LogP contribution < -0.4 is 19.9 Å². The zero-order valence-electron chi connectivity index (χ0n) is 10.6. The maximum atomic E-state index is 5.82. The van der Waals surface area contributed by atoms with Crippen molar-refractivity contribution in [1.29, 1.82) is 0 Å². The van der Waals surface area contributed by atoms with Crippen LogP contribution in [0, 0.1) is 0 Å². The standard InChI is InChI=1S/C13H19NO3/c1-15-10-6-11(16-2)13(17-3)12-8(7-14)4-5-9(10)12/h6,8H,4-5,7,14H2,1-3H3. The Balaban J connectivity index is 2.63. The summed E-state index contributed by atoms with van der Waals surface area (Å²) in [5.41, 5.74) is 8.19. The summed E-state index contributed by atoms with van der Waals surface area (Å²) in [4.78, 5) is 0. The molecule has 1 aliphatic carbocycles. The quantitative estimate of drug-likeness (QED) is 0.866. The fraction of sp³-hybridized carbons (Fsp3) is 0.538. The van der Waals surface area contributed by atoms with Crippen LogP contribution in [0.15, 0.2) is 6.07 Å². The zero-order valence-corrected chi connectivity index (χ0v) is 10.6. The molecule has 94 valence electrons. The van der Waals surface area contributed by atoms with Gasteiger partial charge in [-0.25, -0.2) is 0 Å². The molecule has 1 unspecified atom stereocenters. The minimum absolute atomic E-state index is 0.337. The fourth-order valence-corrected chi connectivity index (χ4v) is 2.61. The van der Waals surface area contributed by atoms with Crippen molar-refractivity contribution in [3.63, 3.8) is 0 Å². The zero-order chi connectivity index (χ0) is 12.4. The summed E-state index contributed by atoms with van der Waals surface area (Å²) in [6, 6.07) is 1.89. The molecular weight excluding hydrogens is 218 g/mol. The lowest BCUT2D eigenvalue weighted by molar-refractivity contribution is 0.344. The number of nitrogens with two attached hydrogens (primary N) is 1. The predicted molar refractivity (Wildman–Crippen MR) is 66.2 cm³/mol. The predicted octanol–water partition coefficient (Wildman–Crippen LogP) is 1.70. The summed E-state index contributed by atoms with van der Waals surface area (Å²) in [5, 5.41) is 0. The first kappa shape index (κ1) is 12.0. The summed E-state index contributed by atoms with van der Waals surface area (Å²) < 4.78 is 16.2. The first-order valence-corrected chi connectivity index (χ1v) is 5.78. The Kier molecular flexibility index (Phi) is 3.43. The molecule has 0 spiro atoms. The highest BCUT2D eigenvalue weighted by Gasteiger charge is 2.30. The number of benzene rings is 1. The lowest BCUT2D eigenvalue weighted by atomic mass is 9.99. The third-order valence-electron chi connectivity index (χ3n) is 3.43. The normalized spacial score (nSPS) is 17.8. The van der Waals surface area contributed by atoms with E-state index in [4.69, 9.17) is 19.9 Å². The molecule has 0 heterocycles. The molecule has 0 amide bonds. The molecule has 4 heteroatoms. The maximum absolute atomic E-state index is 5.82. The van der Waals surface area contributed by atoms with E-state index in [1.165, 1.54) is 5.56 Å². The van der Waals surface area contributed by atoms with Crippen molar-refractivity contribution in [2.75, 3.05) is 27.9 Å². The second-order valence-corrected chi connectivity index (χ2v) is 4.18. The van der Waals surface area contributed by atoms with E-state index in [9.17, 15) is 0 Å². The van der Waals surface area contributed by atoms with Crippen LogP contribution in [0.1, 0.15) is 23.5 Å². The van der Waals surface area contributed by atoms with E-state index in [-0.39, 0.29) is 0 Å². The van der Waals surface area contributed by atoms with Crippen LogP contribution in [0.25, 0.3) is 0 Å². The van der Waals surface area contributed by atoms with Gasteiger partial charge in [-0.1, -0.05) is 0 Å². The monoisotopic (exact) mass is 237 g/mol. The van der Waals surface area contributed by atoms with E-state index < -0.39 is 0 Å². The molecule has 0 bridgehead atoms. The summed E-state index contributed by atoms with van der Waals surface area (Å²) in [7, 11) is 4.98. The van der Waals surface area contributed by atoms with Gasteiger partial charge >= 0.3 is 0 Å². The molecule has 2 N–H and O–H groups in total. The van der Waals surface area contributed by atoms with Gasteiger partial charge < -0.3 is 19.9 Å². The van der Waals surface area contributed by atoms with Crippen LogP contribution >= 0.6 is 0 Å². The largest absolute Gasteiger partial charge is 0.496 e. The molecule has 17 heavy (non-hydrogen) atoms. The number of methoxy groups -OCH3 is 3. The van der Waals surface area contributed by atoms with Crippen molar-refractivity contribution in [3.8, 4) is 17.2 Å². The molecule has 1 atom stereocenters. The summed E-state index contributed by atoms with van der Waals surface area (Å²) in [6.45, 7) is 0.625. The highest BCUT2D eigenvalue weighted by atomic mass is 16.5. The van der Waals surface area contributed by atoms with E-state index in [1.807, 2.05) is 6.07 Å². The van der Waals surface area contributed by atoms with Gasteiger partial charge in [0.1, 0.15) is 5.75 Å². The van der Waals surface area contributed by atoms with Gasteiger partial charge in [0.25, 0.3) is 0 Å². The van der Waals surface area contributed by atoms with Crippen LogP contribution in [0.3, 0.4) is 0 Å². The molecule has 4 nitrogen and oxygen atoms in total. The van der Waals surface area contributed by atoms with Crippen molar-refractivity contribution in [3.05, 3.63) is 17.2 Å². The first-order chi connectivity index (χ1) is 8.26. The molecular formula is C13H19NO3. The molecule has 2 rings (SSSR count). The molecule has 1 aromatic carbocycles.